The van der Waals surface area contributed by atoms with Crippen molar-refractivity contribution >= 4 is 56.1 Å². The summed E-state index contributed by atoms with van der Waals surface area (Å²) in [4.78, 5) is 25.5. The number of hydrogen-bond donors (Lipinski definition) is 0. The minimum absolute atomic E-state index is 0.0135. The predicted molar refractivity (Wildman–Crippen MR) is 125 cm³/mol. The maximum Gasteiger partial charge on any atom is 0.348 e. The number of benzene rings is 3. The third-order valence-corrected chi connectivity index (χ3v) is 5.72. The van der Waals surface area contributed by atoms with Gasteiger partial charge in [0.25, 0.3) is 0 Å². The van der Waals surface area contributed by atoms with Crippen LogP contribution < -0.4 is 19.6 Å². The number of rotatable bonds is 5. The fourth-order valence-electron chi connectivity index (χ4n) is 2.95. The van der Waals surface area contributed by atoms with Gasteiger partial charge in [-0.1, -0.05) is 35.3 Å². The van der Waals surface area contributed by atoms with Crippen LogP contribution in [0.1, 0.15) is 10.4 Å². The van der Waals surface area contributed by atoms with E-state index in [0.717, 1.165) is 0 Å². The lowest BCUT2D eigenvalue weighted by Gasteiger charge is -2.12. The van der Waals surface area contributed by atoms with Gasteiger partial charge in [-0.25, -0.2) is 4.79 Å². The highest BCUT2D eigenvalue weighted by Gasteiger charge is 2.22. The first-order chi connectivity index (χ1) is 15.4. The molecule has 0 amide bonds. The van der Waals surface area contributed by atoms with Crippen molar-refractivity contribution in [2.75, 3.05) is 7.11 Å². The van der Waals surface area contributed by atoms with Crippen LogP contribution in [0.25, 0.3) is 11.0 Å². The highest BCUT2D eigenvalue weighted by Crippen LogP contribution is 2.35. The van der Waals surface area contributed by atoms with E-state index in [9.17, 15) is 9.59 Å². The molecule has 9 heteroatoms. The summed E-state index contributed by atoms with van der Waals surface area (Å²) in [5.41, 5.74) is -0.177. The van der Waals surface area contributed by atoms with Gasteiger partial charge in [-0.2, -0.15) is 0 Å². The van der Waals surface area contributed by atoms with Gasteiger partial charge >= 0.3 is 5.97 Å². The number of para-hydroxylation sites is 1. The second-order valence-electron chi connectivity index (χ2n) is 6.45. The predicted octanol–water partition coefficient (Wildman–Crippen LogP) is 6.88. The second-order valence-corrected chi connectivity index (χ2v) is 8.12. The molecule has 162 valence electrons. The van der Waals surface area contributed by atoms with Gasteiger partial charge in [0.15, 0.2) is 5.75 Å². The Hall–Kier alpha value is -3.00. The zero-order valence-corrected chi connectivity index (χ0v) is 19.5. The standard InChI is InChI=1S/C23H13BrCl2O6/c1-29-22-16(26)9-8-15(25)20(22)23(28)31-12-6-7-13-18(10-12)30-11-19(21(13)27)32-17-5-3-2-4-14(17)24/h2-11H,1H3. The lowest BCUT2D eigenvalue weighted by Crippen LogP contribution is -2.11. The van der Waals surface area contributed by atoms with Crippen LogP contribution in [0.3, 0.4) is 0 Å². The molecule has 0 atom stereocenters. The molecule has 0 saturated carbocycles. The summed E-state index contributed by atoms with van der Waals surface area (Å²) in [5, 5.41) is 0.594. The first-order valence-electron chi connectivity index (χ1n) is 9.11. The van der Waals surface area contributed by atoms with E-state index >= 15 is 0 Å². The van der Waals surface area contributed by atoms with E-state index in [2.05, 4.69) is 15.9 Å². The van der Waals surface area contributed by atoms with E-state index < -0.39 is 5.97 Å². The molecule has 0 saturated heterocycles. The molecule has 3 aromatic carbocycles. The third kappa shape index (κ3) is 4.32. The zero-order valence-electron chi connectivity index (χ0n) is 16.4. The Kier molecular flexibility index (Phi) is 6.41. The van der Waals surface area contributed by atoms with Crippen molar-refractivity contribution in [3.8, 4) is 23.0 Å². The molecule has 32 heavy (non-hydrogen) atoms. The Labute approximate surface area is 200 Å². The maximum atomic E-state index is 12.8. The van der Waals surface area contributed by atoms with Crippen LogP contribution in [0.15, 0.2) is 74.5 Å². The van der Waals surface area contributed by atoms with Crippen LogP contribution in [0.5, 0.6) is 23.0 Å². The number of halogens is 3. The average Bonchev–Trinajstić information content (AvgIpc) is 2.78. The summed E-state index contributed by atoms with van der Waals surface area (Å²) >= 11 is 15.6. The molecule has 0 aliphatic rings. The Balaban J connectivity index is 1.64. The van der Waals surface area contributed by atoms with Crippen LogP contribution in [0.2, 0.25) is 10.0 Å². The van der Waals surface area contributed by atoms with E-state index in [1.54, 1.807) is 18.2 Å². The van der Waals surface area contributed by atoms with Gasteiger partial charge in [0, 0.05) is 6.07 Å². The van der Waals surface area contributed by atoms with Crippen molar-refractivity contribution in [1.29, 1.82) is 0 Å². The quantitative estimate of drug-likeness (QED) is 0.205. The van der Waals surface area contributed by atoms with E-state index in [1.165, 1.54) is 43.7 Å². The van der Waals surface area contributed by atoms with Crippen molar-refractivity contribution < 1.29 is 23.4 Å². The highest BCUT2D eigenvalue weighted by molar-refractivity contribution is 9.10. The highest BCUT2D eigenvalue weighted by atomic mass is 79.9. The van der Waals surface area contributed by atoms with Crippen molar-refractivity contribution in [3.63, 3.8) is 0 Å². The minimum Gasteiger partial charge on any atom is -0.494 e. The SMILES string of the molecule is COc1c(Cl)ccc(Cl)c1C(=O)Oc1ccc2c(=O)c(Oc3ccccc3Br)coc2c1. The fourth-order valence-corrected chi connectivity index (χ4v) is 3.78. The number of hydrogen-bond acceptors (Lipinski definition) is 6. The Bertz CT molecular complexity index is 1400. The smallest absolute Gasteiger partial charge is 0.348 e. The van der Waals surface area contributed by atoms with Gasteiger partial charge in [0.05, 0.1) is 27.0 Å². The van der Waals surface area contributed by atoms with Crippen LogP contribution in [0, 0.1) is 0 Å². The summed E-state index contributed by atoms with van der Waals surface area (Å²) in [7, 11) is 1.37. The molecule has 0 N–H and O–H groups in total. The number of ether oxygens (including phenoxy) is 3. The van der Waals surface area contributed by atoms with Gasteiger partial charge in [-0.15, -0.1) is 0 Å². The molecule has 0 aliphatic carbocycles. The molecule has 0 unspecified atom stereocenters. The summed E-state index contributed by atoms with van der Waals surface area (Å²) < 4.78 is 22.5. The molecule has 4 aromatic rings. The molecule has 0 fully saturated rings. The van der Waals surface area contributed by atoms with Crippen LogP contribution in [-0.4, -0.2) is 13.1 Å². The van der Waals surface area contributed by atoms with Gasteiger partial charge in [0.1, 0.15) is 28.9 Å². The fraction of sp³-hybridized carbons (Fsp3) is 0.0435. The molecule has 0 spiro atoms. The summed E-state index contributed by atoms with van der Waals surface area (Å²) in [5.74, 6) is -0.0415. The number of carbonyl (C=O) groups is 1. The molecular formula is C23H13BrCl2O6. The largest absolute Gasteiger partial charge is 0.494 e. The minimum atomic E-state index is -0.773. The topological polar surface area (TPSA) is 75.0 Å². The van der Waals surface area contributed by atoms with Crippen molar-refractivity contribution in [3.05, 3.63) is 91.2 Å². The zero-order chi connectivity index (χ0) is 22.8. The van der Waals surface area contributed by atoms with E-state index in [0.29, 0.717) is 10.2 Å². The lowest BCUT2D eigenvalue weighted by atomic mass is 10.2. The molecule has 4 rings (SSSR count). The first kappa shape index (κ1) is 22.2. The van der Waals surface area contributed by atoms with Gasteiger partial charge in [-0.05, 0) is 52.3 Å². The number of esters is 1. The molecule has 1 aromatic heterocycles. The molecule has 1 heterocycles. The molecule has 0 aliphatic heterocycles. The summed E-state index contributed by atoms with van der Waals surface area (Å²) in [6, 6.07) is 14.5. The second kappa shape index (κ2) is 9.24. The van der Waals surface area contributed by atoms with Crippen LogP contribution in [0.4, 0.5) is 0 Å². The van der Waals surface area contributed by atoms with Gasteiger partial charge in [-0.3, -0.25) is 4.79 Å². The third-order valence-electron chi connectivity index (χ3n) is 4.45. The normalized spacial score (nSPS) is 10.8. The van der Waals surface area contributed by atoms with Crippen LogP contribution >= 0.6 is 39.1 Å². The summed E-state index contributed by atoms with van der Waals surface area (Å²) in [6.07, 6.45) is 1.20. The molecule has 0 bridgehead atoms. The van der Waals surface area contributed by atoms with E-state index in [4.69, 9.17) is 41.8 Å². The Morgan fingerprint density at radius 2 is 1.75 bits per heavy atom. The van der Waals surface area contributed by atoms with Gasteiger partial charge < -0.3 is 18.6 Å². The Morgan fingerprint density at radius 3 is 2.50 bits per heavy atom. The van der Waals surface area contributed by atoms with E-state index in [-0.39, 0.29) is 49.3 Å². The molecule has 6 nitrogen and oxygen atoms in total. The van der Waals surface area contributed by atoms with E-state index in [1.807, 2.05) is 6.07 Å². The van der Waals surface area contributed by atoms with Crippen molar-refractivity contribution in [2.45, 2.75) is 0 Å². The molecular weight excluding hydrogens is 523 g/mol. The number of carbonyl (C=O) groups excluding carboxylic acids is 1. The van der Waals surface area contributed by atoms with Crippen molar-refractivity contribution in [2.24, 2.45) is 0 Å². The lowest BCUT2D eigenvalue weighted by molar-refractivity contribution is 0.0731. The maximum absolute atomic E-state index is 12.8. The molecule has 0 radical (unpaired) electrons. The number of methoxy groups -OCH3 is 1. The Morgan fingerprint density at radius 1 is 1.00 bits per heavy atom. The monoisotopic (exact) mass is 534 g/mol. The van der Waals surface area contributed by atoms with Gasteiger partial charge in [0.2, 0.25) is 11.2 Å². The van der Waals surface area contributed by atoms with Crippen molar-refractivity contribution in [1.82, 2.24) is 0 Å². The number of fused-ring (bicyclic) bond motifs is 1. The summed E-state index contributed by atoms with van der Waals surface area (Å²) in [6.45, 7) is 0. The average molecular weight is 536 g/mol. The van der Waals surface area contributed by atoms with Crippen LogP contribution in [-0.2, 0) is 0 Å². The first-order valence-corrected chi connectivity index (χ1v) is 10.7.